The van der Waals surface area contributed by atoms with E-state index in [4.69, 9.17) is 4.74 Å². The monoisotopic (exact) mass is 380 g/mol. The molecule has 0 bridgehead atoms. The molecule has 0 aromatic heterocycles. The number of phenols is 1. The third kappa shape index (κ3) is 3.44. The maximum atomic E-state index is 12.6. The zero-order valence-corrected chi connectivity index (χ0v) is 16.5. The number of ketones is 2. The van der Waals surface area contributed by atoms with Crippen LogP contribution in [0.1, 0.15) is 54.8 Å². The van der Waals surface area contributed by atoms with Crippen LogP contribution < -0.4 is 4.74 Å². The molecule has 0 heterocycles. The standard InChI is InChI=1S/C23H24O5/c1-22(2)20(23(22,3)4)19(26)13-18(25)16-12-15(10-11-17(16)24)28-21(27)14-8-6-5-7-9-14/h5-12,20,24H,13H2,1-4H3. The van der Waals surface area contributed by atoms with Crippen molar-refractivity contribution in [2.24, 2.45) is 16.7 Å². The van der Waals surface area contributed by atoms with Gasteiger partial charge in [-0.1, -0.05) is 45.9 Å². The second-order valence-corrected chi connectivity index (χ2v) is 8.38. The first-order valence-electron chi connectivity index (χ1n) is 9.22. The SMILES string of the molecule is CC1(C)C(C(=O)CC(=O)c2cc(OC(=O)c3ccccc3)ccc2O)C1(C)C. The minimum absolute atomic E-state index is 0.0250. The molecule has 2 aromatic rings. The lowest BCUT2D eigenvalue weighted by Crippen LogP contribution is -2.14. The Morgan fingerprint density at radius 1 is 0.964 bits per heavy atom. The summed E-state index contributed by atoms with van der Waals surface area (Å²) in [6.07, 6.45) is -0.291. The number of benzene rings is 2. The van der Waals surface area contributed by atoms with Crippen LogP contribution in [-0.4, -0.2) is 22.6 Å². The summed E-state index contributed by atoms with van der Waals surface area (Å²) in [6, 6.07) is 12.4. The van der Waals surface area contributed by atoms with Crippen molar-refractivity contribution in [1.82, 2.24) is 0 Å². The summed E-state index contributed by atoms with van der Waals surface area (Å²) < 4.78 is 5.29. The van der Waals surface area contributed by atoms with E-state index in [1.165, 1.54) is 18.2 Å². The highest BCUT2D eigenvalue weighted by atomic mass is 16.5. The molecular formula is C23H24O5. The van der Waals surface area contributed by atoms with Gasteiger partial charge in [0.15, 0.2) is 5.78 Å². The molecule has 5 nitrogen and oxygen atoms in total. The first-order chi connectivity index (χ1) is 13.1. The Bertz CT molecular complexity index is 927. The van der Waals surface area contributed by atoms with Gasteiger partial charge in [0.25, 0.3) is 0 Å². The van der Waals surface area contributed by atoms with Crippen molar-refractivity contribution in [3.8, 4) is 11.5 Å². The van der Waals surface area contributed by atoms with E-state index in [1.54, 1.807) is 30.3 Å². The third-order valence-corrected chi connectivity index (χ3v) is 6.17. The van der Waals surface area contributed by atoms with Crippen LogP contribution in [0.3, 0.4) is 0 Å². The number of carbonyl (C=O) groups is 3. The third-order valence-electron chi connectivity index (χ3n) is 6.17. The van der Waals surface area contributed by atoms with E-state index in [-0.39, 0.29) is 46.0 Å². The van der Waals surface area contributed by atoms with Crippen molar-refractivity contribution in [2.75, 3.05) is 0 Å². The number of hydrogen-bond acceptors (Lipinski definition) is 5. The molecule has 1 aliphatic carbocycles. The normalized spacial score (nSPS) is 17.0. The van der Waals surface area contributed by atoms with Crippen molar-refractivity contribution < 1.29 is 24.2 Å². The number of rotatable bonds is 6. The molecule has 0 aliphatic heterocycles. The van der Waals surface area contributed by atoms with Gasteiger partial charge in [-0.05, 0) is 41.2 Å². The zero-order chi connectivity index (χ0) is 20.7. The molecular weight excluding hydrogens is 356 g/mol. The summed E-state index contributed by atoms with van der Waals surface area (Å²) in [5.74, 6) is -1.49. The van der Waals surface area contributed by atoms with Gasteiger partial charge in [0.1, 0.15) is 17.3 Å². The van der Waals surface area contributed by atoms with Crippen LogP contribution in [0.25, 0.3) is 0 Å². The average Bonchev–Trinajstić information content (AvgIpc) is 3.05. The van der Waals surface area contributed by atoms with Crippen LogP contribution in [0.5, 0.6) is 11.5 Å². The molecule has 1 N–H and O–H groups in total. The molecule has 0 unspecified atom stereocenters. The minimum atomic E-state index is -0.567. The lowest BCUT2D eigenvalue weighted by Gasteiger charge is -2.08. The highest BCUT2D eigenvalue weighted by Crippen LogP contribution is 2.68. The maximum Gasteiger partial charge on any atom is 0.343 e. The van der Waals surface area contributed by atoms with Gasteiger partial charge in [-0.2, -0.15) is 0 Å². The van der Waals surface area contributed by atoms with Gasteiger partial charge in [-0.15, -0.1) is 0 Å². The van der Waals surface area contributed by atoms with Gasteiger partial charge < -0.3 is 9.84 Å². The first kappa shape index (κ1) is 19.8. The fraction of sp³-hybridized carbons (Fsp3) is 0.348. The molecule has 1 aliphatic rings. The Balaban J connectivity index is 1.74. The second kappa shape index (κ2) is 6.89. The van der Waals surface area contributed by atoms with Crippen LogP contribution in [0, 0.1) is 16.7 Å². The molecule has 5 heteroatoms. The number of carbonyl (C=O) groups excluding carboxylic acids is 3. The van der Waals surface area contributed by atoms with Crippen LogP contribution >= 0.6 is 0 Å². The number of phenolic OH excluding ortho intramolecular Hbond substituents is 1. The molecule has 1 fully saturated rings. The molecule has 0 amide bonds. The van der Waals surface area contributed by atoms with Gasteiger partial charge in [0.2, 0.25) is 0 Å². The number of esters is 1. The lowest BCUT2D eigenvalue weighted by atomic mass is 9.99. The first-order valence-corrected chi connectivity index (χ1v) is 9.22. The van der Waals surface area contributed by atoms with Crippen molar-refractivity contribution in [1.29, 1.82) is 0 Å². The fourth-order valence-electron chi connectivity index (χ4n) is 3.90. The highest BCUT2D eigenvalue weighted by molar-refractivity contribution is 6.11. The number of Topliss-reactive ketones (excluding diaryl/α,β-unsaturated/α-hetero) is 2. The lowest BCUT2D eigenvalue weighted by molar-refractivity contribution is -0.120. The zero-order valence-electron chi connectivity index (χ0n) is 16.5. The Morgan fingerprint density at radius 3 is 2.14 bits per heavy atom. The summed E-state index contributed by atoms with van der Waals surface area (Å²) >= 11 is 0. The van der Waals surface area contributed by atoms with Gasteiger partial charge in [0.05, 0.1) is 17.5 Å². The molecule has 0 saturated heterocycles. The molecule has 3 rings (SSSR count). The van der Waals surface area contributed by atoms with Crippen LogP contribution in [-0.2, 0) is 4.79 Å². The summed E-state index contributed by atoms with van der Waals surface area (Å²) in [6.45, 7) is 8.06. The molecule has 2 aromatic carbocycles. The smallest absolute Gasteiger partial charge is 0.343 e. The Kier molecular flexibility index (Phi) is 4.88. The number of hydrogen-bond donors (Lipinski definition) is 1. The molecule has 1 saturated carbocycles. The number of ether oxygens (including phenoxy) is 1. The van der Waals surface area contributed by atoms with Crippen LogP contribution in [0.2, 0.25) is 0 Å². The van der Waals surface area contributed by atoms with E-state index in [0.29, 0.717) is 5.56 Å². The van der Waals surface area contributed by atoms with E-state index >= 15 is 0 Å². The van der Waals surface area contributed by atoms with Gasteiger partial charge in [-0.3, -0.25) is 9.59 Å². The predicted octanol–water partition coefficient (Wildman–Crippen LogP) is 4.44. The summed E-state index contributed by atoms with van der Waals surface area (Å²) in [5.41, 5.74) is 0.0404. The van der Waals surface area contributed by atoms with Crippen LogP contribution in [0.4, 0.5) is 0 Å². The topological polar surface area (TPSA) is 80.7 Å². The minimum Gasteiger partial charge on any atom is -0.507 e. The van der Waals surface area contributed by atoms with Gasteiger partial charge >= 0.3 is 5.97 Å². The largest absolute Gasteiger partial charge is 0.507 e. The molecule has 146 valence electrons. The Morgan fingerprint density at radius 2 is 1.57 bits per heavy atom. The van der Waals surface area contributed by atoms with Crippen LogP contribution in [0.15, 0.2) is 48.5 Å². The number of aromatic hydroxyl groups is 1. The Labute approximate surface area is 164 Å². The molecule has 28 heavy (non-hydrogen) atoms. The van der Waals surface area contributed by atoms with E-state index in [1.807, 2.05) is 27.7 Å². The second-order valence-electron chi connectivity index (χ2n) is 8.38. The summed E-state index contributed by atoms with van der Waals surface area (Å²) in [5, 5.41) is 10.1. The summed E-state index contributed by atoms with van der Waals surface area (Å²) in [7, 11) is 0. The van der Waals surface area contributed by atoms with Crippen molar-refractivity contribution >= 4 is 17.5 Å². The van der Waals surface area contributed by atoms with E-state index in [9.17, 15) is 19.5 Å². The molecule has 0 radical (unpaired) electrons. The fourth-order valence-corrected chi connectivity index (χ4v) is 3.90. The quantitative estimate of drug-likeness (QED) is 0.347. The molecule has 0 atom stereocenters. The highest BCUT2D eigenvalue weighted by Gasteiger charge is 2.67. The predicted molar refractivity (Wildman–Crippen MR) is 105 cm³/mol. The van der Waals surface area contributed by atoms with Crippen molar-refractivity contribution in [3.63, 3.8) is 0 Å². The maximum absolute atomic E-state index is 12.6. The Hall–Kier alpha value is -2.95. The van der Waals surface area contributed by atoms with Crippen molar-refractivity contribution in [2.45, 2.75) is 34.1 Å². The van der Waals surface area contributed by atoms with E-state index < -0.39 is 11.8 Å². The van der Waals surface area contributed by atoms with E-state index in [0.717, 1.165) is 0 Å². The average molecular weight is 380 g/mol. The summed E-state index contributed by atoms with van der Waals surface area (Å²) in [4.78, 5) is 37.4. The van der Waals surface area contributed by atoms with Crippen molar-refractivity contribution in [3.05, 3.63) is 59.7 Å². The van der Waals surface area contributed by atoms with E-state index in [2.05, 4.69) is 0 Å². The van der Waals surface area contributed by atoms with Gasteiger partial charge in [0, 0.05) is 5.92 Å². The molecule has 0 spiro atoms. The van der Waals surface area contributed by atoms with Gasteiger partial charge in [-0.25, -0.2) is 4.79 Å².